The third-order valence-corrected chi connectivity index (χ3v) is 4.42. The van der Waals surface area contributed by atoms with E-state index in [1.54, 1.807) is 6.07 Å². The number of rotatable bonds is 3. The molecule has 118 valence electrons. The van der Waals surface area contributed by atoms with E-state index in [0.29, 0.717) is 14.3 Å². The van der Waals surface area contributed by atoms with Crippen LogP contribution in [0.1, 0.15) is 11.1 Å². The van der Waals surface area contributed by atoms with Crippen molar-refractivity contribution in [1.82, 2.24) is 0 Å². The number of halogens is 2. The molecule has 1 N–H and O–H groups in total. The van der Waals surface area contributed by atoms with Gasteiger partial charge in [-0.15, -0.1) is 0 Å². The molecule has 2 rings (SSSR count). The molecular weight excluding hydrogens is 372 g/mol. The summed E-state index contributed by atoms with van der Waals surface area (Å²) in [5.41, 5.74) is 3.66. The van der Waals surface area contributed by atoms with E-state index in [1.807, 2.05) is 6.07 Å². The Kier molecular flexibility index (Phi) is 8.83. The minimum atomic E-state index is -0.556. The Hall–Kier alpha value is -0.236. The third-order valence-electron chi connectivity index (χ3n) is 3.06. The van der Waals surface area contributed by atoms with Crippen molar-refractivity contribution in [3.63, 3.8) is 0 Å². The number of benzene rings is 2. The van der Waals surface area contributed by atoms with Crippen molar-refractivity contribution < 1.29 is 22.1 Å². The standard InChI is InChI=1S/C16H20NOP.2ClH.Ti/c1-11-6-8-15(13(9-11)17(3)4)19-16-10-12(2)5-7-14(16)18;;;/h5-10,18-19H,1-4H3;2*1H;/q;;;+2/p-2. The molecule has 6 heteroatoms. The molecule has 0 aliphatic carbocycles. The topological polar surface area (TPSA) is 23.5 Å². The molecule has 0 aliphatic rings. The van der Waals surface area contributed by atoms with Crippen LogP contribution in [0.5, 0.6) is 5.75 Å². The molecule has 0 fully saturated rings. The van der Waals surface area contributed by atoms with Gasteiger partial charge < -0.3 is 10.0 Å². The van der Waals surface area contributed by atoms with Gasteiger partial charge >= 0.3 is 35.6 Å². The van der Waals surface area contributed by atoms with Gasteiger partial charge in [-0.1, -0.05) is 32.3 Å². The summed E-state index contributed by atoms with van der Waals surface area (Å²) in [6.07, 6.45) is 0. The summed E-state index contributed by atoms with van der Waals surface area (Å²) in [5, 5.41) is 12.2. The number of hydrogen-bond donors (Lipinski definition) is 1. The molecule has 0 amide bonds. The van der Waals surface area contributed by atoms with Crippen LogP contribution in [0.15, 0.2) is 36.4 Å². The molecule has 0 radical (unpaired) electrons. The Balaban J connectivity index is 0.000000745. The van der Waals surface area contributed by atoms with Crippen LogP contribution in [-0.2, 0) is 17.0 Å². The summed E-state index contributed by atoms with van der Waals surface area (Å²) in [5.74, 6) is 0.384. The van der Waals surface area contributed by atoms with E-state index < -0.39 is 17.0 Å². The zero-order chi connectivity index (χ0) is 16.7. The van der Waals surface area contributed by atoms with Crippen LogP contribution >= 0.6 is 27.2 Å². The van der Waals surface area contributed by atoms with Gasteiger partial charge in [0.1, 0.15) is 5.75 Å². The van der Waals surface area contributed by atoms with Gasteiger partial charge in [-0.3, -0.25) is 0 Å². The molecule has 0 heterocycles. The zero-order valence-electron chi connectivity index (χ0n) is 13.1. The Labute approximate surface area is 151 Å². The van der Waals surface area contributed by atoms with Crippen molar-refractivity contribution in [2.24, 2.45) is 0 Å². The van der Waals surface area contributed by atoms with E-state index in [-0.39, 0.29) is 0 Å². The van der Waals surface area contributed by atoms with Gasteiger partial charge in [-0.25, -0.2) is 0 Å². The average Bonchev–Trinajstić information content (AvgIpc) is 2.45. The Bertz CT molecular complexity index is 623. The van der Waals surface area contributed by atoms with Crippen molar-refractivity contribution in [3.05, 3.63) is 47.5 Å². The summed E-state index contributed by atoms with van der Waals surface area (Å²) < 4.78 is 0. The molecule has 0 saturated heterocycles. The normalized spacial score (nSPS) is 10.3. The summed E-state index contributed by atoms with van der Waals surface area (Å²) in [6.45, 7) is 4.15. The zero-order valence-corrected chi connectivity index (χ0v) is 17.2. The molecule has 0 spiro atoms. The summed E-state index contributed by atoms with van der Waals surface area (Å²) >= 11 is -0.556. The van der Waals surface area contributed by atoms with Crippen LogP contribution in [-0.4, -0.2) is 19.2 Å². The molecule has 1 atom stereocenters. The molecule has 22 heavy (non-hydrogen) atoms. The van der Waals surface area contributed by atoms with E-state index >= 15 is 0 Å². The first kappa shape index (κ1) is 19.8. The summed E-state index contributed by atoms with van der Waals surface area (Å²) in [7, 11) is 14.4. The van der Waals surface area contributed by atoms with Crippen LogP contribution in [0.25, 0.3) is 0 Å². The predicted molar refractivity (Wildman–Crippen MR) is 97.6 cm³/mol. The van der Waals surface area contributed by atoms with Crippen LogP contribution in [0, 0.1) is 13.8 Å². The van der Waals surface area contributed by atoms with Gasteiger partial charge in [-0.05, 0) is 37.6 Å². The number of aromatic hydroxyl groups is 1. The monoisotopic (exact) mass is 391 g/mol. The third kappa shape index (κ3) is 6.10. The van der Waals surface area contributed by atoms with Crippen LogP contribution < -0.4 is 15.5 Å². The fourth-order valence-electron chi connectivity index (χ4n) is 2.01. The molecule has 1 unspecified atom stereocenters. The van der Waals surface area contributed by atoms with Crippen molar-refractivity contribution in [2.75, 3.05) is 19.0 Å². The number of phenols is 1. The second-order valence-corrected chi connectivity index (χ2v) is 9.04. The SMILES string of the molecule is Cc1ccc(O)c(Pc2ccc(C)cc2N(C)C)c1.[Cl][Ti][Cl]. The van der Waals surface area contributed by atoms with Crippen LogP contribution in [0.4, 0.5) is 5.69 Å². The van der Waals surface area contributed by atoms with Crippen LogP contribution in [0.2, 0.25) is 0 Å². The van der Waals surface area contributed by atoms with Gasteiger partial charge in [0.25, 0.3) is 0 Å². The van der Waals surface area contributed by atoms with Crippen molar-refractivity contribution in [3.8, 4) is 5.75 Å². The summed E-state index contributed by atoms with van der Waals surface area (Å²) in [6, 6.07) is 12.3. The first-order chi connectivity index (χ1) is 10.4. The first-order valence-electron chi connectivity index (χ1n) is 6.70. The van der Waals surface area contributed by atoms with Crippen molar-refractivity contribution in [1.29, 1.82) is 0 Å². The van der Waals surface area contributed by atoms with E-state index in [2.05, 4.69) is 57.1 Å². The van der Waals surface area contributed by atoms with Gasteiger partial charge in [0.05, 0.1) is 0 Å². The molecule has 0 saturated carbocycles. The number of nitrogens with zero attached hydrogens (tertiary/aromatic N) is 1. The Morgan fingerprint density at radius 1 is 0.955 bits per heavy atom. The molecule has 0 aromatic heterocycles. The number of hydrogen-bond acceptors (Lipinski definition) is 2. The van der Waals surface area contributed by atoms with Crippen molar-refractivity contribution in [2.45, 2.75) is 13.8 Å². The Morgan fingerprint density at radius 3 is 2.09 bits per heavy atom. The molecule has 2 nitrogen and oxygen atoms in total. The predicted octanol–water partition coefficient (Wildman–Crippen LogP) is 4.08. The van der Waals surface area contributed by atoms with Gasteiger partial charge in [0.2, 0.25) is 0 Å². The number of aryl methyl sites for hydroxylation is 2. The average molecular weight is 392 g/mol. The van der Waals surface area contributed by atoms with Crippen molar-refractivity contribution >= 4 is 43.5 Å². The fraction of sp³-hybridized carbons (Fsp3) is 0.250. The van der Waals surface area contributed by atoms with Gasteiger partial charge in [0, 0.05) is 30.4 Å². The molecule has 2 aromatic rings. The molecule has 0 aliphatic heterocycles. The minimum absolute atomic E-state index is 0.384. The first-order valence-corrected chi connectivity index (χ1v) is 12.0. The van der Waals surface area contributed by atoms with Crippen LogP contribution in [0.3, 0.4) is 0 Å². The van der Waals surface area contributed by atoms with E-state index in [9.17, 15) is 5.11 Å². The number of phenolic OH excluding ortho intramolecular Hbond substituents is 1. The maximum absolute atomic E-state index is 9.97. The molecule has 0 bridgehead atoms. The molecule has 2 aromatic carbocycles. The summed E-state index contributed by atoms with van der Waals surface area (Å²) in [4.78, 5) is 2.13. The second-order valence-electron chi connectivity index (χ2n) is 5.13. The van der Waals surface area contributed by atoms with E-state index in [1.165, 1.54) is 22.1 Å². The second kappa shape index (κ2) is 9.80. The van der Waals surface area contributed by atoms with Gasteiger partial charge in [0.15, 0.2) is 0 Å². The quantitative estimate of drug-likeness (QED) is 0.629. The maximum atomic E-state index is 9.97. The Morgan fingerprint density at radius 2 is 1.50 bits per heavy atom. The van der Waals surface area contributed by atoms with E-state index in [0.717, 1.165) is 5.30 Å². The fourth-order valence-corrected chi connectivity index (χ4v) is 3.40. The van der Waals surface area contributed by atoms with Gasteiger partial charge in [-0.2, -0.15) is 0 Å². The number of anilines is 1. The van der Waals surface area contributed by atoms with E-state index in [4.69, 9.17) is 18.6 Å². The molecular formula is C16H20Cl2NOPTi.